The fourth-order valence-corrected chi connectivity index (χ4v) is 5.51. The molecule has 2 saturated heterocycles. The molecular weight excluding hydrogens is 447 g/mol. The van der Waals surface area contributed by atoms with Crippen molar-refractivity contribution < 1.29 is 61.6 Å². The number of hydrogen-bond acceptors (Lipinski definition) is 7. The van der Waals surface area contributed by atoms with Crippen LogP contribution in [0.2, 0.25) is 0 Å². The van der Waals surface area contributed by atoms with E-state index in [4.69, 9.17) is 9.47 Å². The summed E-state index contributed by atoms with van der Waals surface area (Å²) in [6.07, 6.45) is -0.535. The SMILES string of the molecule is CC(C)(C)OC(=O)N1CCC2(CC1)CN(C(=O)OCc1ccccc1)CC2S(=O)(=O)[O-].[Na+]. The molecule has 2 aliphatic heterocycles. The number of carbonyl (C=O) groups is 2. The standard InChI is InChI=1S/C21H30N2O7S.Na/c1-20(2,3)30-19(25)22-11-9-21(10-12-22)15-23(13-17(21)31(26,27)28)18(24)29-14-16-7-5-4-6-8-16;/h4-8,17H,9-15H2,1-3H3,(H,26,27,28);/q;+1/p-1. The molecule has 0 N–H and O–H groups in total. The fraction of sp³-hybridized carbons (Fsp3) is 0.619. The quantitative estimate of drug-likeness (QED) is 0.430. The molecule has 32 heavy (non-hydrogen) atoms. The van der Waals surface area contributed by atoms with E-state index < -0.39 is 38.6 Å². The summed E-state index contributed by atoms with van der Waals surface area (Å²) in [6, 6.07) is 9.13. The van der Waals surface area contributed by atoms with Crippen LogP contribution in [-0.2, 0) is 26.2 Å². The Bertz CT molecular complexity index is 910. The van der Waals surface area contributed by atoms with Crippen LogP contribution in [0.15, 0.2) is 30.3 Å². The van der Waals surface area contributed by atoms with Crippen LogP contribution in [-0.4, -0.2) is 72.0 Å². The Morgan fingerprint density at radius 3 is 2.22 bits per heavy atom. The van der Waals surface area contributed by atoms with Crippen LogP contribution >= 0.6 is 0 Å². The summed E-state index contributed by atoms with van der Waals surface area (Å²) >= 11 is 0. The van der Waals surface area contributed by atoms with Crippen molar-refractivity contribution in [2.24, 2.45) is 5.41 Å². The molecule has 2 aliphatic rings. The van der Waals surface area contributed by atoms with Crippen LogP contribution in [0, 0.1) is 5.41 Å². The first-order chi connectivity index (χ1) is 14.4. The second kappa shape index (κ2) is 10.3. The number of benzene rings is 1. The minimum atomic E-state index is -4.64. The summed E-state index contributed by atoms with van der Waals surface area (Å²) in [5.41, 5.74) is -0.728. The molecule has 1 aromatic rings. The molecule has 0 saturated carbocycles. The Hall–Kier alpha value is -1.33. The molecule has 3 rings (SSSR count). The van der Waals surface area contributed by atoms with E-state index in [0.717, 1.165) is 5.56 Å². The number of carbonyl (C=O) groups excluding carboxylic acids is 2. The fourth-order valence-electron chi connectivity index (χ4n) is 4.23. The van der Waals surface area contributed by atoms with E-state index in [1.165, 1.54) is 9.80 Å². The van der Waals surface area contributed by atoms with E-state index in [2.05, 4.69) is 0 Å². The number of hydrogen-bond donors (Lipinski definition) is 0. The summed E-state index contributed by atoms with van der Waals surface area (Å²) in [4.78, 5) is 27.7. The number of nitrogens with zero attached hydrogens (tertiary/aromatic N) is 2. The van der Waals surface area contributed by atoms with Gasteiger partial charge in [0.15, 0.2) is 0 Å². The van der Waals surface area contributed by atoms with Gasteiger partial charge in [-0.1, -0.05) is 30.3 Å². The van der Waals surface area contributed by atoms with Gasteiger partial charge >= 0.3 is 41.7 Å². The maximum absolute atomic E-state index is 12.6. The third-order valence-corrected chi connectivity index (χ3v) is 7.14. The van der Waals surface area contributed by atoms with Gasteiger partial charge in [-0.05, 0) is 39.2 Å². The Morgan fingerprint density at radius 1 is 1.09 bits per heavy atom. The Morgan fingerprint density at radius 2 is 1.69 bits per heavy atom. The van der Waals surface area contributed by atoms with Crippen molar-refractivity contribution in [3.8, 4) is 0 Å². The first kappa shape index (κ1) is 26.9. The maximum atomic E-state index is 12.6. The van der Waals surface area contributed by atoms with Gasteiger partial charge in [-0.15, -0.1) is 0 Å². The second-order valence-electron chi connectivity index (χ2n) is 9.23. The molecule has 2 heterocycles. The van der Waals surface area contributed by atoms with Gasteiger partial charge in [0.05, 0.1) is 15.4 Å². The van der Waals surface area contributed by atoms with Crippen LogP contribution < -0.4 is 29.6 Å². The van der Waals surface area contributed by atoms with Crippen LogP contribution in [0.4, 0.5) is 9.59 Å². The summed E-state index contributed by atoms with van der Waals surface area (Å²) < 4.78 is 46.8. The molecule has 9 nitrogen and oxygen atoms in total. The van der Waals surface area contributed by atoms with Crippen LogP contribution in [0.3, 0.4) is 0 Å². The average molecular weight is 477 g/mol. The molecule has 0 radical (unpaired) electrons. The summed E-state index contributed by atoms with van der Waals surface area (Å²) in [5, 5.41) is -1.23. The van der Waals surface area contributed by atoms with Gasteiger partial charge in [0.25, 0.3) is 0 Å². The van der Waals surface area contributed by atoms with Crippen molar-refractivity contribution in [3.05, 3.63) is 35.9 Å². The van der Waals surface area contributed by atoms with Crippen molar-refractivity contribution >= 4 is 22.3 Å². The number of likely N-dealkylation sites (tertiary alicyclic amines) is 2. The number of piperidine rings is 1. The summed E-state index contributed by atoms with van der Waals surface area (Å²) in [6.45, 7) is 5.79. The van der Waals surface area contributed by atoms with Gasteiger partial charge in [-0.3, -0.25) is 0 Å². The first-order valence-electron chi connectivity index (χ1n) is 10.3. The van der Waals surface area contributed by atoms with Crippen molar-refractivity contribution in [3.63, 3.8) is 0 Å². The number of rotatable bonds is 3. The zero-order chi connectivity index (χ0) is 22.9. The van der Waals surface area contributed by atoms with E-state index >= 15 is 0 Å². The Labute approximate surface area is 211 Å². The molecule has 0 bridgehead atoms. The van der Waals surface area contributed by atoms with Crippen molar-refractivity contribution in [1.29, 1.82) is 0 Å². The molecule has 1 aromatic carbocycles. The third-order valence-electron chi connectivity index (χ3n) is 5.80. The minimum absolute atomic E-state index is 0. The van der Waals surface area contributed by atoms with E-state index in [-0.39, 0.29) is 62.3 Å². The van der Waals surface area contributed by atoms with Gasteiger partial charge in [0.2, 0.25) is 0 Å². The second-order valence-corrected chi connectivity index (χ2v) is 10.8. The van der Waals surface area contributed by atoms with Crippen LogP contribution in [0.1, 0.15) is 39.2 Å². The topological polar surface area (TPSA) is 116 Å². The predicted octanol–water partition coefficient (Wildman–Crippen LogP) is -0.426. The molecule has 1 unspecified atom stereocenters. The summed E-state index contributed by atoms with van der Waals surface area (Å²) in [7, 11) is -4.64. The molecular formula is C21H29N2NaO7S. The number of ether oxygens (including phenoxy) is 2. The van der Waals surface area contributed by atoms with E-state index in [1.807, 2.05) is 30.3 Å². The van der Waals surface area contributed by atoms with Crippen molar-refractivity contribution in [2.75, 3.05) is 26.2 Å². The van der Waals surface area contributed by atoms with E-state index in [0.29, 0.717) is 12.8 Å². The molecule has 2 fully saturated rings. The Kier molecular flexibility index (Phi) is 8.66. The van der Waals surface area contributed by atoms with E-state index in [1.54, 1.807) is 20.8 Å². The van der Waals surface area contributed by atoms with Crippen LogP contribution in [0.25, 0.3) is 0 Å². The number of amides is 2. The third kappa shape index (κ3) is 6.60. The van der Waals surface area contributed by atoms with Gasteiger partial charge < -0.3 is 23.8 Å². The van der Waals surface area contributed by atoms with Crippen molar-refractivity contribution in [2.45, 2.75) is 51.1 Å². The maximum Gasteiger partial charge on any atom is 1.00 e. The molecule has 0 aliphatic carbocycles. The molecule has 1 spiro atoms. The van der Waals surface area contributed by atoms with Crippen molar-refractivity contribution in [1.82, 2.24) is 9.80 Å². The molecule has 2 amide bonds. The average Bonchev–Trinajstić information content (AvgIpc) is 3.05. The molecule has 11 heteroatoms. The minimum Gasteiger partial charge on any atom is -0.748 e. The predicted molar refractivity (Wildman–Crippen MR) is 111 cm³/mol. The largest absolute Gasteiger partial charge is 1.00 e. The normalized spacial score (nSPS) is 20.6. The van der Waals surface area contributed by atoms with Crippen LogP contribution in [0.5, 0.6) is 0 Å². The molecule has 1 atom stereocenters. The molecule has 0 aromatic heterocycles. The molecule has 172 valence electrons. The van der Waals surface area contributed by atoms with Gasteiger partial charge in [-0.2, -0.15) is 0 Å². The Balaban J connectivity index is 0.00000363. The van der Waals surface area contributed by atoms with Gasteiger partial charge in [0, 0.05) is 31.6 Å². The summed E-state index contributed by atoms with van der Waals surface area (Å²) in [5.74, 6) is 0. The van der Waals surface area contributed by atoms with Gasteiger partial charge in [0.1, 0.15) is 12.2 Å². The zero-order valence-electron chi connectivity index (χ0n) is 19.1. The monoisotopic (exact) mass is 476 g/mol. The van der Waals surface area contributed by atoms with E-state index in [9.17, 15) is 22.6 Å². The smallest absolute Gasteiger partial charge is 0.748 e. The zero-order valence-corrected chi connectivity index (χ0v) is 21.9. The first-order valence-corrected chi connectivity index (χ1v) is 11.8. The van der Waals surface area contributed by atoms with Gasteiger partial charge in [-0.25, -0.2) is 18.0 Å².